The van der Waals surface area contributed by atoms with Gasteiger partial charge in [-0.1, -0.05) is 65.0 Å². The summed E-state index contributed by atoms with van der Waals surface area (Å²) >= 11 is 0. The Bertz CT molecular complexity index is 949. The van der Waals surface area contributed by atoms with E-state index in [1.54, 1.807) is 13.8 Å². The molecule has 1 fully saturated rings. The molecule has 248 valence electrons. The van der Waals surface area contributed by atoms with Crippen molar-refractivity contribution in [1.82, 2.24) is 16.0 Å². The van der Waals surface area contributed by atoms with Gasteiger partial charge in [0, 0.05) is 12.5 Å². The number of allylic oxidation sites excluding steroid dienone is 2. The molecule has 1 spiro atoms. The molecular formula is C32H58N3O7P. The van der Waals surface area contributed by atoms with Crippen LogP contribution in [0.5, 0.6) is 0 Å². The highest BCUT2D eigenvalue weighted by Crippen LogP contribution is 2.54. The maximum atomic E-state index is 13.9. The van der Waals surface area contributed by atoms with E-state index in [9.17, 15) is 24.1 Å². The van der Waals surface area contributed by atoms with Gasteiger partial charge < -0.3 is 30.1 Å². The van der Waals surface area contributed by atoms with Gasteiger partial charge in [-0.25, -0.2) is 0 Å². The van der Waals surface area contributed by atoms with Crippen molar-refractivity contribution in [2.24, 2.45) is 17.3 Å². The Hall–Kier alpha value is -1.74. The minimum Gasteiger partial charge on any atom is -0.379 e. The summed E-state index contributed by atoms with van der Waals surface area (Å²) in [4.78, 5) is 40.7. The first-order valence-electron chi connectivity index (χ1n) is 16.6. The molecule has 0 aromatic heterocycles. The number of carbonyl (C=O) groups excluding carboxylic acids is 3. The van der Waals surface area contributed by atoms with Crippen LogP contribution in [0.15, 0.2) is 12.2 Å². The zero-order chi connectivity index (χ0) is 31.9. The zero-order valence-electron chi connectivity index (χ0n) is 27.2. The van der Waals surface area contributed by atoms with Gasteiger partial charge in [-0.15, -0.1) is 0 Å². The summed E-state index contributed by atoms with van der Waals surface area (Å²) < 4.78 is 24.6. The van der Waals surface area contributed by atoms with E-state index in [1.165, 1.54) is 6.42 Å². The van der Waals surface area contributed by atoms with E-state index in [-0.39, 0.29) is 43.3 Å². The van der Waals surface area contributed by atoms with Crippen LogP contribution in [0.3, 0.4) is 0 Å². The number of aliphatic hydroxyl groups excluding tert-OH is 1. The van der Waals surface area contributed by atoms with Crippen LogP contribution in [-0.4, -0.2) is 60.5 Å². The number of carbonyl (C=O) groups is 3. The first kappa shape index (κ1) is 37.4. The predicted molar refractivity (Wildman–Crippen MR) is 169 cm³/mol. The van der Waals surface area contributed by atoms with Crippen molar-refractivity contribution in [2.45, 2.75) is 136 Å². The van der Waals surface area contributed by atoms with Crippen molar-refractivity contribution in [1.29, 1.82) is 0 Å². The predicted octanol–water partition coefficient (Wildman–Crippen LogP) is 5.59. The molecule has 3 amide bonds. The van der Waals surface area contributed by atoms with Crippen LogP contribution in [0.2, 0.25) is 0 Å². The van der Waals surface area contributed by atoms with Crippen LogP contribution in [0.4, 0.5) is 0 Å². The second-order valence-electron chi connectivity index (χ2n) is 12.6. The van der Waals surface area contributed by atoms with Gasteiger partial charge in [0.2, 0.25) is 17.7 Å². The molecule has 4 N–H and O–H groups in total. The number of aliphatic hydroxyl groups is 1. The van der Waals surface area contributed by atoms with E-state index in [0.29, 0.717) is 25.8 Å². The average molecular weight is 628 g/mol. The number of amides is 3. The minimum absolute atomic E-state index is 0.0369. The summed E-state index contributed by atoms with van der Waals surface area (Å²) in [5.41, 5.74) is -0.906. The van der Waals surface area contributed by atoms with Gasteiger partial charge in [-0.3, -0.25) is 18.9 Å². The van der Waals surface area contributed by atoms with Crippen LogP contribution in [-0.2, 0) is 28.0 Å². The van der Waals surface area contributed by atoms with Crippen LogP contribution in [0, 0.1) is 17.3 Å². The molecule has 1 saturated heterocycles. The van der Waals surface area contributed by atoms with Crippen LogP contribution >= 0.6 is 7.60 Å². The molecule has 0 aromatic carbocycles. The number of unbranched alkanes of at least 4 members (excludes halogenated alkanes) is 4. The third kappa shape index (κ3) is 11.6. The van der Waals surface area contributed by atoms with Gasteiger partial charge >= 0.3 is 7.60 Å². The van der Waals surface area contributed by atoms with Crippen molar-refractivity contribution in [2.75, 3.05) is 19.8 Å². The molecule has 0 saturated carbocycles. The first-order valence-corrected chi connectivity index (χ1v) is 18.2. The Morgan fingerprint density at radius 3 is 2.30 bits per heavy atom. The summed E-state index contributed by atoms with van der Waals surface area (Å²) in [6.07, 6.45) is 14.0. The first-order chi connectivity index (χ1) is 20.5. The molecule has 0 bridgehead atoms. The van der Waals surface area contributed by atoms with Gasteiger partial charge in [0.15, 0.2) is 5.85 Å². The molecule has 0 aromatic rings. The Labute approximate surface area is 259 Å². The third-order valence-electron chi connectivity index (χ3n) is 8.58. The molecule has 11 heteroatoms. The fraction of sp³-hybridized carbons (Fsp3) is 0.844. The van der Waals surface area contributed by atoms with E-state index in [1.807, 2.05) is 19.9 Å². The lowest BCUT2D eigenvalue weighted by molar-refractivity contribution is -0.133. The molecular weight excluding hydrogens is 569 g/mol. The quantitative estimate of drug-likeness (QED) is 0.112. The molecule has 10 nitrogen and oxygen atoms in total. The van der Waals surface area contributed by atoms with Gasteiger partial charge in [-0.2, -0.15) is 0 Å². The lowest BCUT2D eigenvalue weighted by atomic mass is 9.77. The minimum atomic E-state index is -4.07. The van der Waals surface area contributed by atoms with Crippen molar-refractivity contribution in [3.63, 3.8) is 0 Å². The summed E-state index contributed by atoms with van der Waals surface area (Å²) in [6, 6.07) is -1.96. The van der Waals surface area contributed by atoms with E-state index < -0.39 is 36.8 Å². The standard InChI is InChI=1S/C32H58N3O7P/c1-6-9-10-11-14-17-25-18-15-12-13-16-19-32(20-21-33-31(32)39)23-27(30(38)43(40,41-7-2)42-8-3)35-29(37)26(22-24(4)5)34-28(25)36/h13,16,24-27,30,38H,6-12,14-15,17-23H2,1-5H3,(H,33,39)(H,34,36)(H,35,37)/b16-13-/t25?,26-,27-,30+,32?/m0/s1. The highest BCUT2D eigenvalue weighted by molar-refractivity contribution is 7.54. The van der Waals surface area contributed by atoms with E-state index in [0.717, 1.165) is 51.4 Å². The van der Waals surface area contributed by atoms with Gasteiger partial charge in [-0.05, 0) is 71.1 Å². The Morgan fingerprint density at radius 1 is 1.00 bits per heavy atom. The Kier molecular flexibility index (Phi) is 16.5. The summed E-state index contributed by atoms with van der Waals surface area (Å²) in [5.74, 6) is -2.58. The second kappa shape index (κ2) is 18.9. The molecule has 2 heterocycles. The van der Waals surface area contributed by atoms with Gasteiger partial charge in [0.25, 0.3) is 0 Å². The molecule has 2 aliphatic heterocycles. The zero-order valence-corrected chi connectivity index (χ0v) is 28.1. The fourth-order valence-corrected chi connectivity index (χ4v) is 7.92. The fourth-order valence-electron chi connectivity index (χ4n) is 6.20. The SMILES string of the molecule is CCCCCCCC1CCC/C=C\CC2(CCNC2=O)C[C@@H]([C@H](O)P(=O)(OCC)OCC)NC(=O)[C@H](CC(C)C)NC1=O. The van der Waals surface area contributed by atoms with Crippen molar-refractivity contribution < 1.29 is 33.1 Å². The van der Waals surface area contributed by atoms with Gasteiger partial charge in [0.05, 0.1) is 24.7 Å². The van der Waals surface area contributed by atoms with E-state index in [4.69, 9.17) is 9.05 Å². The van der Waals surface area contributed by atoms with E-state index in [2.05, 4.69) is 29.0 Å². The molecule has 2 aliphatic rings. The number of rotatable bonds is 14. The van der Waals surface area contributed by atoms with Crippen LogP contribution in [0.25, 0.3) is 0 Å². The molecule has 43 heavy (non-hydrogen) atoms. The largest absolute Gasteiger partial charge is 0.379 e. The normalized spacial score (nSPS) is 27.7. The lowest BCUT2D eigenvalue weighted by Gasteiger charge is -2.36. The van der Waals surface area contributed by atoms with Crippen LogP contribution < -0.4 is 16.0 Å². The average Bonchev–Trinajstić information content (AvgIpc) is 3.31. The number of hydrogen-bond donors (Lipinski definition) is 4. The summed E-state index contributed by atoms with van der Waals surface area (Å²) in [6.45, 7) is 9.99. The monoisotopic (exact) mass is 627 g/mol. The number of nitrogens with one attached hydrogen (secondary N) is 3. The lowest BCUT2D eigenvalue weighted by Crippen LogP contribution is -2.55. The molecule has 0 radical (unpaired) electrons. The van der Waals surface area contributed by atoms with Crippen LogP contribution in [0.1, 0.15) is 118 Å². The van der Waals surface area contributed by atoms with Crippen molar-refractivity contribution in [3.05, 3.63) is 12.2 Å². The highest BCUT2D eigenvalue weighted by atomic mass is 31.2. The van der Waals surface area contributed by atoms with Crippen molar-refractivity contribution >= 4 is 25.3 Å². The second-order valence-corrected chi connectivity index (χ2v) is 14.7. The third-order valence-corrected chi connectivity index (χ3v) is 10.8. The summed E-state index contributed by atoms with van der Waals surface area (Å²) in [5, 5.41) is 20.3. The topological polar surface area (TPSA) is 143 Å². The highest BCUT2D eigenvalue weighted by Gasteiger charge is 2.49. The van der Waals surface area contributed by atoms with Gasteiger partial charge in [0.1, 0.15) is 6.04 Å². The molecule has 5 atom stereocenters. The Morgan fingerprint density at radius 2 is 1.70 bits per heavy atom. The maximum absolute atomic E-state index is 13.9. The summed E-state index contributed by atoms with van der Waals surface area (Å²) in [7, 11) is -4.07. The molecule has 2 rings (SSSR count). The Balaban J connectivity index is 2.45. The smallest absolute Gasteiger partial charge is 0.360 e. The molecule has 0 aliphatic carbocycles. The molecule has 2 unspecified atom stereocenters. The number of hydrogen-bond acceptors (Lipinski definition) is 7. The van der Waals surface area contributed by atoms with E-state index >= 15 is 0 Å². The van der Waals surface area contributed by atoms with Crippen molar-refractivity contribution in [3.8, 4) is 0 Å². The maximum Gasteiger partial charge on any atom is 0.360 e.